The second-order valence-corrected chi connectivity index (χ2v) is 5.21. The molecule has 1 aromatic heterocycles. The Hall–Kier alpha value is -2.86. The van der Waals surface area contributed by atoms with Gasteiger partial charge in [0, 0.05) is 17.5 Å². The molecule has 6 heteroatoms. The highest BCUT2D eigenvalue weighted by Gasteiger charge is 2.15. The monoisotopic (exact) mass is 328 g/mol. The number of halogens is 1. The third-order valence-electron chi connectivity index (χ3n) is 3.68. The van der Waals surface area contributed by atoms with Gasteiger partial charge in [0.2, 0.25) is 0 Å². The van der Waals surface area contributed by atoms with Gasteiger partial charge in [0.05, 0.1) is 18.2 Å². The summed E-state index contributed by atoms with van der Waals surface area (Å²) in [4.78, 5) is 15.1. The zero-order valence-corrected chi connectivity index (χ0v) is 13.1. The molecule has 0 aliphatic rings. The van der Waals surface area contributed by atoms with E-state index in [1.54, 1.807) is 25.3 Å². The Balaban J connectivity index is 2.25. The van der Waals surface area contributed by atoms with Gasteiger partial charge >= 0.3 is 0 Å². The van der Waals surface area contributed by atoms with Crippen LogP contribution in [0.15, 0.2) is 47.3 Å². The number of rotatable bonds is 5. The lowest BCUT2D eigenvalue weighted by Crippen LogP contribution is -2.15. The fourth-order valence-electron chi connectivity index (χ4n) is 2.55. The molecule has 0 unspecified atom stereocenters. The Labute approximate surface area is 137 Å². The second kappa shape index (κ2) is 6.72. The lowest BCUT2D eigenvalue weighted by Gasteiger charge is -2.14. The summed E-state index contributed by atoms with van der Waals surface area (Å²) in [7, 11) is 1.58. The van der Waals surface area contributed by atoms with Crippen molar-refractivity contribution in [1.82, 2.24) is 4.98 Å². The largest absolute Gasteiger partial charge is 0.497 e. The summed E-state index contributed by atoms with van der Waals surface area (Å²) in [5.41, 5.74) is 6.43. The number of pyridine rings is 1. The SMILES string of the molecule is COc1ccc(-c2[nH]c(=O)c3cc(F)ccc3c2OCCN)cc1. The van der Waals surface area contributed by atoms with Crippen LogP contribution >= 0.6 is 0 Å². The molecular weight excluding hydrogens is 311 g/mol. The van der Waals surface area contributed by atoms with Crippen molar-refractivity contribution in [1.29, 1.82) is 0 Å². The van der Waals surface area contributed by atoms with Crippen LogP contribution in [0.3, 0.4) is 0 Å². The lowest BCUT2D eigenvalue weighted by molar-refractivity contribution is 0.332. The molecule has 0 saturated heterocycles. The number of ether oxygens (including phenoxy) is 2. The highest BCUT2D eigenvalue weighted by molar-refractivity contribution is 5.93. The number of benzene rings is 2. The molecule has 1 heterocycles. The van der Waals surface area contributed by atoms with Crippen molar-refractivity contribution in [3.8, 4) is 22.8 Å². The Morgan fingerprint density at radius 1 is 1.12 bits per heavy atom. The minimum Gasteiger partial charge on any atom is -0.497 e. The van der Waals surface area contributed by atoms with Gasteiger partial charge in [-0.1, -0.05) is 0 Å². The normalized spacial score (nSPS) is 10.8. The molecule has 0 fully saturated rings. The maximum Gasteiger partial charge on any atom is 0.256 e. The van der Waals surface area contributed by atoms with Crippen molar-refractivity contribution in [2.24, 2.45) is 5.73 Å². The summed E-state index contributed by atoms with van der Waals surface area (Å²) in [6.45, 7) is 0.603. The first-order valence-electron chi connectivity index (χ1n) is 7.47. The van der Waals surface area contributed by atoms with E-state index in [0.29, 0.717) is 29.1 Å². The van der Waals surface area contributed by atoms with Crippen LogP contribution < -0.4 is 20.8 Å². The third kappa shape index (κ3) is 2.96. The van der Waals surface area contributed by atoms with E-state index in [0.717, 1.165) is 5.56 Å². The first-order chi connectivity index (χ1) is 11.6. The quantitative estimate of drug-likeness (QED) is 0.755. The average molecular weight is 328 g/mol. The molecule has 5 nitrogen and oxygen atoms in total. The van der Waals surface area contributed by atoms with Crippen molar-refractivity contribution in [2.75, 3.05) is 20.3 Å². The second-order valence-electron chi connectivity index (χ2n) is 5.21. The van der Waals surface area contributed by atoms with E-state index in [9.17, 15) is 9.18 Å². The smallest absolute Gasteiger partial charge is 0.256 e. The molecule has 3 N–H and O–H groups in total. The highest BCUT2D eigenvalue weighted by Crippen LogP contribution is 2.34. The van der Waals surface area contributed by atoms with Gasteiger partial charge in [-0.05, 0) is 42.5 Å². The first-order valence-corrected chi connectivity index (χ1v) is 7.47. The lowest BCUT2D eigenvalue weighted by atomic mass is 10.1. The van der Waals surface area contributed by atoms with Crippen molar-refractivity contribution in [3.63, 3.8) is 0 Å². The van der Waals surface area contributed by atoms with Gasteiger partial charge in [-0.25, -0.2) is 4.39 Å². The molecule has 0 spiro atoms. The number of methoxy groups -OCH3 is 1. The Morgan fingerprint density at radius 2 is 1.88 bits per heavy atom. The van der Waals surface area contributed by atoms with E-state index in [2.05, 4.69) is 4.98 Å². The van der Waals surface area contributed by atoms with Crippen LogP contribution in [0.5, 0.6) is 11.5 Å². The average Bonchev–Trinajstić information content (AvgIpc) is 2.61. The van der Waals surface area contributed by atoms with Gasteiger partial charge in [-0.2, -0.15) is 0 Å². The van der Waals surface area contributed by atoms with Crippen molar-refractivity contribution < 1.29 is 13.9 Å². The molecule has 24 heavy (non-hydrogen) atoms. The Bertz CT molecular complexity index is 920. The van der Waals surface area contributed by atoms with Crippen molar-refractivity contribution in [3.05, 3.63) is 58.6 Å². The summed E-state index contributed by atoms with van der Waals surface area (Å²) in [6.07, 6.45) is 0. The molecular formula is C18H17FN2O3. The maximum atomic E-state index is 13.5. The molecule has 0 amide bonds. The summed E-state index contributed by atoms with van der Waals surface area (Å²) in [5, 5.41) is 0.777. The fourth-order valence-corrected chi connectivity index (χ4v) is 2.55. The Morgan fingerprint density at radius 3 is 2.54 bits per heavy atom. The number of hydrogen-bond donors (Lipinski definition) is 2. The number of aromatic amines is 1. The van der Waals surface area contributed by atoms with Crippen LogP contribution in [0.1, 0.15) is 0 Å². The van der Waals surface area contributed by atoms with Crippen LogP contribution in [0.25, 0.3) is 22.0 Å². The van der Waals surface area contributed by atoms with E-state index in [1.807, 2.05) is 12.1 Å². The van der Waals surface area contributed by atoms with Gasteiger partial charge in [0.25, 0.3) is 5.56 Å². The Kier molecular flexibility index (Phi) is 4.48. The van der Waals surface area contributed by atoms with Crippen molar-refractivity contribution in [2.45, 2.75) is 0 Å². The fraction of sp³-hybridized carbons (Fsp3) is 0.167. The summed E-state index contributed by atoms with van der Waals surface area (Å²) < 4.78 is 24.4. The number of hydrogen-bond acceptors (Lipinski definition) is 4. The molecule has 0 bridgehead atoms. The van der Waals surface area contributed by atoms with Crippen LogP contribution in [0, 0.1) is 5.82 Å². The van der Waals surface area contributed by atoms with Crippen LogP contribution in [-0.4, -0.2) is 25.2 Å². The summed E-state index contributed by atoms with van der Waals surface area (Å²) >= 11 is 0. The van der Waals surface area contributed by atoms with Gasteiger partial charge in [-0.15, -0.1) is 0 Å². The molecule has 3 rings (SSSR count). The zero-order chi connectivity index (χ0) is 17.1. The summed E-state index contributed by atoms with van der Waals surface area (Å²) in [6, 6.07) is 11.2. The van der Waals surface area contributed by atoms with Crippen LogP contribution in [-0.2, 0) is 0 Å². The minimum absolute atomic E-state index is 0.235. The van der Waals surface area contributed by atoms with Crippen LogP contribution in [0.2, 0.25) is 0 Å². The molecule has 0 radical (unpaired) electrons. The minimum atomic E-state index is -0.477. The standard InChI is InChI=1S/C18H17FN2O3/c1-23-13-5-2-11(3-6-13)16-17(24-9-8-20)14-7-4-12(19)10-15(14)18(22)21-16/h2-7,10H,8-9,20H2,1H3,(H,21,22). The maximum absolute atomic E-state index is 13.5. The number of H-pyrrole nitrogens is 1. The van der Waals surface area contributed by atoms with Gasteiger partial charge in [0.15, 0.2) is 5.75 Å². The molecule has 124 valence electrons. The molecule has 0 aliphatic heterocycles. The van der Waals surface area contributed by atoms with E-state index in [1.165, 1.54) is 12.1 Å². The van der Waals surface area contributed by atoms with Crippen molar-refractivity contribution >= 4 is 10.8 Å². The number of aromatic nitrogens is 1. The van der Waals surface area contributed by atoms with E-state index in [-0.39, 0.29) is 17.6 Å². The molecule has 0 aliphatic carbocycles. The predicted octanol–water partition coefficient (Wildman–Crippen LogP) is 2.68. The predicted molar refractivity (Wildman–Crippen MR) is 91.1 cm³/mol. The topological polar surface area (TPSA) is 77.3 Å². The zero-order valence-electron chi connectivity index (χ0n) is 13.1. The molecule has 3 aromatic rings. The van der Waals surface area contributed by atoms with E-state index < -0.39 is 5.82 Å². The third-order valence-corrected chi connectivity index (χ3v) is 3.68. The summed E-state index contributed by atoms with van der Waals surface area (Å²) in [5.74, 6) is 0.698. The number of fused-ring (bicyclic) bond motifs is 1. The number of nitrogens with two attached hydrogens (primary N) is 1. The number of nitrogens with one attached hydrogen (secondary N) is 1. The van der Waals surface area contributed by atoms with E-state index >= 15 is 0 Å². The van der Waals surface area contributed by atoms with Gasteiger partial charge in [0.1, 0.15) is 18.2 Å². The molecule has 2 aromatic carbocycles. The van der Waals surface area contributed by atoms with Crippen LogP contribution in [0.4, 0.5) is 4.39 Å². The first kappa shape index (κ1) is 16.0. The van der Waals surface area contributed by atoms with E-state index in [4.69, 9.17) is 15.2 Å². The van der Waals surface area contributed by atoms with Gasteiger partial charge < -0.3 is 20.2 Å². The molecule has 0 atom stereocenters. The molecule has 0 saturated carbocycles. The highest BCUT2D eigenvalue weighted by atomic mass is 19.1. The van der Waals surface area contributed by atoms with Gasteiger partial charge in [-0.3, -0.25) is 4.79 Å².